The summed E-state index contributed by atoms with van der Waals surface area (Å²) >= 11 is 0. The second-order valence-electron chi connectivity index (χ2n) is 4.77. The van der Waals surface area contributed by atoms with Gasteiger partial charge in [-0.05, 0) is 25.0 Å². The lowest BCUT2D eigenvalue weighted by atomic mass is 10.0. The first-order valence-electron chi connectivity index (χ1n) is 6.25. The van der Waals surface area contributed by atoms with Crippen LogP contribution >= 0.6 is 0 Å². The van der Waals surface area contributed by atoms with E-state index < -0.39 is 35.0 Å². The largest absolute Gasteiger partial charge is 0.418 e. The molecule has 4 nitrogen and oxygen atoms in total. The standard InChI is InChI=1S/C14H11F3N2O2/c15-14(16,17)10-3-1-2-4-11(10)19-13(21)9(7-18)12(20)8-5-6-8/h1-4,8-9H,5-6H2,(H,19,21). The van der Waals surface area contributed by atoms with E-state index in [9.17, 15) is 22.8 Å². The third-order valence-corrected chi connectivity index (χ3v) is 3.15. The third-order valence-electron chi connectivity index (χ3n) is 3.15. The molecule has 21 heavy (non-hydrogen) atoms. The topological polar surface area (TPSA) is 70.0 Å². The Hall–Kier alpha value is -2.36. The first-order chi connectivity index (χ1) is 9.84. The predicted molar refractivity (Wildman–Crippen MR) is 66.9 cm³/mol. The van der Waals surface area contributed by atoms with E-state index in [1.807, 2.05) is 5.32 Å². The number of rotatable bonds is 4. The van der Waals surface area contributed by atoms with Crippen LogP contribution in [-0.4, -0.2) is 11.7 Å². The zero-order valence-electron chi connectivity index (χ0n) is 10.8. The first-order valence-corrected chi connectivity index (χ1v) is 6.25. The molecule has 1 N–H and O–H groups in total. The van der Waals surface area contributed by atoms with Gasteiger partial charge >= 0.3 is 6.18 Å². The Labute approximate surface area is 118 Å². The predicted octanol–water partition coefficient (Wildman–Crippen LogP) is 2.76. The fourth-order valence-corrected chi connectivity index (χ4v) is 1.90. The van der Waals surface area contributed by atoms with Gasteiger partial charge < -0.3 is 5.32 Å². The van der Waals surface area contributed by atoms with Gasteiger partial charge in [0.25, 0.3) is 0 Å². The lowest BCUT2D eigenvalue weighted by molar-refractivity contribution is -0.137. The number of hydrogen-bond acceptors (Lipinski definition) is 3. The molecule has 1 amide bonds. The van der Waals surface area contributed by atoms with Crippen molar-refractivity contribution in [2.75, 3.05) is 5.32 Å². The van der Waals surface area contributed by atoms with Crippen molar-refractivity contribution < 1.29 is 22.8 Å². The van der Waals surface area contributed by atoms with Crippen LogP contribution < -0.4 is 5.32 Å². The molecule has 2 rings (SSSR count). The van der Waals surface area contributed by atoms with Crippen LogP contribution in [0.4, 0.5) is 18.9 Å². The SMILES string of the molecule is N#CC(C(=O)Nc1ccccc1C(F)(F)F)C(=O)C1CC1. The number of carbonyl (C=O) groups excluding carboxylic acids is 2. The Balaban J connectivity index is 2.20. The number of amides is 1. The molecule has 0 heterocycles. The van der Waals surface area contributed by atoms with Crippen LogP contribution in [0, 0.1) is 23.2 Å². The minimum atomic E-state index is -4.63. The van der Waals surface area contributed by atoms with E-state index in [-0.39, 0.29) is 5.92 Å². The van der Waals surface area contributed by atoms with Gasteiger partial charge in [-0.25, -0.2) is 0 Å². The maximum absolute atomic E-state index is 12.8. The Morgan fingerprint density at radius 3 is 2.43 bits per heavy atom. The monoisotopic (exact) mass is 296 g/mol. The minimum absolute atomic E-state index is 0.321. The highest BCUT2D eigenvalue weighted by atomic mass is 19.4. The molecule has 0 spiro atoms. The zero-order valence-corrected chi connectivity index (χ0v) is 10.8. The Bertz CT molecular complexity index is 615. The van der Waals surface area contributed by atoms with Gasteiger partial charge in [0.05, 0.1) is 17.3 Å². The second kappa shape index (κ2) is 5.56. The summed E-state index contributed by atoms with van der Waals surface area (Å²) in [5.41, 5.74) is -1.48. The van der Waals surface area contributed by atoms with Crippen LogP contribution in [-0.2, 0) is 15.8 Å². The number of hydrogen-bond donors (Lipinski definition) is 1. The summed E-state index contributed by atoms with van der Waals surface area (Å²) in [7, 11) is 0. The molecule has 1 fully saturated rings. The molecule has 0 bridgehead atoms. The number of halogens is 3. The summed E-state index contributed by atoms with van der Waals surface area (Å²) in [4.78, 5) is 23.6. The van der Waals surface area contributed by atoms with Gasteiger partial charge in [0, 0.05) is 5.92 Å². The lowest BCUT2D eigenvalue weighted by Gasteiger charge is -2.14. The number of nitriles is 1. The number of Topliss-reactive ketones (excluding diaryl/α,β-unsaturated/α-hetero) is 1. The molecule has 1 aliphatic rings. The average Bonchev–Trinajstić information content (AvgIpc) is 3.23. The number of anilines is 1. The van der Waals surface area contributed by atoms with Crippen LogP contribution in [0.1, 0.15) is 18.4 Å². The fraction of sp³-hybridized carbons (Fsp3) is 0.357. The molecular formula is C14H11F3N2O2. The van der Waals surface area contributed by atoms with Crippen molar-refractivity contribution in [2.45, 2.75) is 19.0 Å². The number of para-hydroxylation sites is 1. The summed E-state index contributed by atoms with van der Waals surface area (Å²) in [6, 6.07) is 5.98. The van der Waals surface area contributed by atoms with Gasteiger partial charge in [-0.2, -0.15) is 18.4 Å². The Morgan fingerprint density at radius 2 is 1.90 bits per heavy atom. The molecule has 110 valence electrons. The van der Waals surface area contributed by atoms with Crippen LogP contribution in [0.5, 0.6) is 0 Å². The highest BCUT2D eigenvalue weighted by Gasteiger charge is 2.39. The van der Waals surface area contributed by atoms with Crippen molar-refractivity contribution in [3.8, 4) is 6.07 Å². The van der Waals surface area contributed by atoms with Crippen LogP contribution in [0.2, 0.25) is 0 Å². The van der Waals surface area contributed by atoms with E-state index in [4.69, 9.17) is 5.26 Å². The quantitative estimate of drug-likeness (QED) is 0.868. The lowest BCUT2D eigenvalue weighted by Crippen LogP contribution is -2.30. The smallest absolute Gasteiger partial charge is 0.324 e. The van der Waals surface area contributed by atoms with E-state index in [1.165, 1.54) is 12.1 Å². The number of benzene rings is 1. The zero-order chi connectivity index (χ0) is 15.6. The van der Waals surface area contributed by atoms with E-state index in [0.29, 0.717) is 12.8 Å². The maximum Gasteiger partial charge on any atom is 0.418 e. The summed E-state index contributed by atoms with van der Waals surface area (Å²) in [5.74, 6) is -3.44. The number of ketones is 1. The van der Waals surface area contributed by atoms with Gasteiger partial charge in [-0.1, -0.05) is 12.1 Å². The summed E-state index contributed by atoms with van der Waals surface area (Å²) < 4.78 is 38.4. The van der Waals surface area contributed by atoms with E-state index >= 15 is 0 Å². The van der Waals surface area contributed by atoms with Gasteiger partial charge in [0.1, 0.15) is 0 Å². The van der Waals surface area contributed by atoms with Crippen molar-refractivity contribution in [3.63, 3.8) is 0 Å². The van der Waals surface area contributed by atoms with Crippen molar-refractivity contribution in [2.24, 2.45) is 11.8 Å². The number of nitrogens with one attached hydrogen (secondary N) is 1. The second-order valence-corrected chi connectivity index (χ2v) is 4.77. The van der Waals surface area contributed by atoms with Crippen molar-refractivity contribution in [3.05, 3.63) is 29.8 Å². The molecule has 1 aromatic carbocycles. The highest BCUT2D eigenvalue weighted by Crippen LogP contribution is 2.35. The molecule has 1 unspecified atom stereocenters. The summed E-state index contributed by atoms with van der Waals surface area (Å²) in [6.45, 7) is 0. The number of alkyl halides is 3. The van der Waals surface area contributed by atoms with E-state index in [0.717, 1.165) is 12.1 Å². The van der Waals surface area contributed by atoms with Gasteiger partial charge in [-0.3, -0.25) is 9.59 Å². The molecule has 1 aromatic rings. The van der Waals surface area contributed by atoms with E-state index in [1.54, 1.807) is 6.07 Å². The summed E-state index contributed by atoms with van der Waals surface area (Å²) in [5, 5.41) is 10.9. The molecular weight excluding hydrogens is 285 g/mol. The molecule has 0 aliphatic heterocycles. The first kappa shape index (κ1) is 15.0. The molecule has 1 saturated carbocycles. The Morgan fingerprint density at radius 1 is 1.29 bits per heavy atom. The van der Waals surface area contributed by atoms with Gasteiger partial charge in [0.15, 0.2) is 11.7 Å². The van der Waals surface area contributed by atoms with Crippen LogP contribution in [0.15, 0.2) is 24.3 Å². The molecule has 7 heteroatoms. The van der Waals surface area contributed by atoms with Crippen molar-refractivity contribution in [1.29, 1.82) is 5.26 Å². The van der Waals surface area contributed by atoms with E-state index in [2.05, 4.69) is 0 Å². The normalized spacial score (nSPS) is 15.9. The van der Waals surface area contributed by atoms with Crippen LogP contribution in [0.25, 0.3) is 0 Å². The fourth-order valence-electron chi connectivity index (χ4n) is 1.90. The van der Waals surface area contributed by atoms with Crippen LogP contribution in [0.3, 0.4) is 0 Å². The molecule has 1 atom stereocenters. The maximum atomic E-state index is 12.8. The highest BCUT2D eigenvalue weighted by molar-refractivity contribution is 6.10. The van der Waals surface area contributed by atoms with Gasteiger partial charge in [0.2, 0.25) is 5.91 Å². The number of nitrogens with zero attached hydrogens (tertiary/aromatic N) is 1. The summed E-state index contributed by atoms with van der Waals surface area (Å²) in [6.07, 6.45) is -3.40. The molecule has 0 aromatic heterocycles. The molecule has 0 saturated heterocycles. The van der Waals surface area contributed by atoms with Crippen molar-refractivity contribution >= 4 is 17.4 Å². The van der Waals surface area contributed by atoms with Gasteiger partial charge in [-0.15, -0.1) is 0 Å². The average molecular weight is 296 g/mol. The van der Waals surface area contributed by atoms with Crippen molar-refractivity contribution in [1.82, 2.24) is 0 Å². The number of carbonyl (C=O) groups is 2. The third kappa shape index (κ3) is 3.40. The molecule has 0 radical (unpaired) electrons. The molecule has 1 aliphatic carbocycles. The Kier molecular flexibility index (Phi) is 3.98. The minimum Gasteiger partial charge on any atom is -0.324 e.